The molecule has 2 N–H and O–H groups in total. The number of rotatable bonds is 3. The molecule has 19 heavy (non-hydrogen) atoms. The molecule has 0 saturated heterocycles. The molecular formula is C13H12N4O2. The van der Waals surface area contributed by atoms with E-state index in [9.17, 15) is 9.59 Å². The Morgan fingerprint density at radius 1 is 1.37 bits per heavy atom. The molecule has 6 heteroatoms. The van der Waals surface area contributed by atoms with Crippen LogP contribution in [0.25, 0.3) is 0 Å². The van der Waals surface area contributed by atoms with Gasteiger partial charge in [0.2, 0.25) is 0 Å². The van der Waals surface area contributed by atoms with Crippen LogP contribution in [0.1, 0.15) is 21.5 Å². The number of benzene rings is 1. The minimum Gasteiger partial charge on any atom is -0.312 e. The van der Waals surface area contributed by atoms with Crippen LogP contribution in [0.4, 0.5) is 0 Å². The molecule has 0 spiro atoms. The van der Waals surface area contributed by atoms with Crippen LogP contribution in [0.5, 0.6) is 0 Å². The highest BCUT2D eigenvalue weighted by atomic mass is 16.2. The second-order valence-electron chi connectivity index (χ2n) is 3.90. The van der Waals surface area contributed by atoms with Crippen LogP contribution >= 0.6 is 0 Å². The van der Waals surface area contributed by atoms with Crippen molar-refractivity contribution >= 4 is 12.1 Å². The van der Waals surface area contributed by atoms with Crippen molar-refractivity contribution in [1.82, 2.24) is 15.4 Å². The van der Waals surface area contributed by atoms with Gasteiger partial charge in [-0.15, -0.1) is 0 Å². The Kier molecular flexibility index (Phi) is 3.82. The summed E-state index contributed by atoms with van der Waals surface area (Å²) in [5, 5.41) is 3.78. The topological polar surface area (TPSA) is 87.2 Å². The van der Waals surface area contributed by atoms with Gasteiger partial charge in [-0.25, -0.2) is 10.4 Å². The first-order chi connectivity index (χ1) is 9.16. The van der Waals surface area contributed by atoms with Crippen LogP contribution in [-0.4, -0.2) is 22.1 Å². The lowest BCUT2D eigenvalue weighted by atomic mass is 10.2. The number of hydrogen-bond acceptors (Lipinski definition) is 4. The first kappa shape index (κ1) is 12.7. The fourth-order valence-corrected chi connectivity index (χ4v) is 1.38. The molecule has 2 rings (SSSR count). The predicted molar refractivity (Wildman–Crippen MR) is 71.1 cm³/mol. The summed E-state index contributed by atoms with van der Waals surface area (Å²) in [6, 6.07) is 7.63. The maximum Gasteiger partial charge on any atom is 0.278 e. The summed E-state index contributed by atoms with van der Waals surface area (Å²) in [6.45, 7) is 1.98. The van der Waals surface area contributed by atoms with Gasteiger partial charge in [0, 0.05) is 6.20 Å². The summed E-state index contributed by atoms with van der Waals surface area (Å²) in [4.78, 5) is 28.9. The van der Waals surface area contributed by atoms with Crippen molar-refractivity contribution in [3.05, 3.63) is 63.8 Å². The average molecular weight is 256 g/mol. The lowest BCUT2D eigenvalue weighted by molar-refractivity contribution is 0.0953. The molecule has 0 aliphatic rings. The van der Waals surface area contributed by atoms with Crippen LogP contribution in [0.15, 0.2) is 46.7 Å². The Balaban J connectivity index is 2.03. The van der Waals surface area contributed by atoms with E-state index in [0.29, 0.717) is 0 Å². The highest BCUT2D eigenvalue weighted by molar-refractivity contribution is 5.94. The molecule has 2 aromatic rings. The Bertz CT molecular complexity index is 659. The molecule has 0 atom stereocenters. The van der Waals surface area contributed by atoms with Crippen LogP contribution in [0.3, 0.4) is 0 Å². The van der Waals surface area contributed by atoms with E-state index in [-0.39, 0.29) is 5.56 Å². The maximum atomic E-state index is 11.6. The number of aromatic nitrogens is 2. The van der Waals surface area contributed by atoms with Gasteiger partial charge in [-0.1, -0.05) is 29.8 Å². The molecule has 0 unspecified atom stereocenters. The summed E-state index contributed by atoms with van der Waals surface area (Å²) in [5.74, 6) is -0.599. The number of aromatic amines is 1. The van der Waals surface area contributed by atoms with Gasteiger partial charge in [0.25, 0.3) is 11.5 Å². The Morgan fingerprint density at radius 2 is 2.11 bits per heavy atom. The summed E-state index contributed by atoms with van der Waals surface area (Å²) in [7, 11) is 0. The zero-order valence-corrected chi connectivity index (χ0v) is 10.3. The lowest BCUT2D eigenvalue weighted by Crippen LogP contribution is -2.26. The van der Waals surface area contributed by atoms with Gasteiger partial charge in [0.1, 0.15) is 5.56 Å². The molecule has 1 heterocycles. The number of H-pyrrole nitrogens is 1. The third kappa shape index (κ3) is 3.35. The molecule has 1 aromatic carbocycles. The van der Waals surface area contributed by atoms with E-state index >= 15 is 0 Å². The Labute approximate surface area is 109 Å². The van der Waals surface area contributed by atoms with Crippen LogP contribution in [0, 0.1) is 6.92 Å². The fourth-order valence-electron chi connectivity index (χ4n) is 1.38. The van der Waals surface area contributed by atoms with Crippen molar-refractivity contribution in [1.29, 1.82) is 0 Å². The van der Waals surface area contributed by atoms with E-state index in [2.05, 4.69) is 20.5 Å². The zero-order chi connectivity index (χ0) is 13.7. The molecule has 96 valence electrons. The number of amides is 1. The maximum absolute atomic E-state index is 11.6. The molecule has 1 aromatic heterocycles. The number of nitrogens with zero attached hydrogens (tertiary/aromatic N) is 2. The molecule has 0 aliphatic heterocycles. The van der Waals surface area contributed by atoms with Gasteiger partial charge in [0.15, 0.2) is 0 Å². The number of carbonyl (C=O) groups excluding carboxylic acids is 1. The molecular weight excluding hydrogens is 244 g/mol. The molecule has 0 fully saturated rings. The first-order valence-electron chi connectivity index (χ1n) is 5.59. The SMILES string of the molecule is Cc1ccc(/C=N/NC(=O)c2cnc[nH]c2=O)cc1. The Morgan fingerprint density at radius 3 is 2.79 bits per heavy atom. The minimum absolute atomic E-state index is 0.0800. The van der Waals surface area contributed by atoms with Crippen LogP contribution in [-0.2, 0) is 0 Å². The van der Waals surface area contributed by atoms with Crippen molar-refractivity contribution < 1.29 is 4.79 Å². The van der Waals surface area contributed by atoms with Crippen molar-refractivity contribution in [3.8, 4) is 0 Å². The minimum atomic E-state index is -0.599. The number of carbonyl (C=O) groups is 1. The second kappa shape index (κ2) is 5.72. The first-order valence-corrected chi connectivity index (χ1v) is 5.59. The smallest absolute Gasteiger partial charge is 0.278 e. The summed E-state index contributed by atoms with van der Waals surface area (Å²) >= 11 is 0. The van der Waals surface area contributed by atoms with E-state index in [1.165, 1.54) is 18.7 Å². The molecule has 0 radical (unpaired) electrons. The predicted octanol–water partition coefficient (Wildman–Crippen LogP) is 0.842. The number of aryl methyl sites for hydroxylation is 1. The quantitative estimate of drug-likeness (QED) is 0.630. The van der Waals surface area contributed by atoms with E-state index in [1.807, 2.05) is 31.2 Å². The van der Waals surface area contributed by atoms with Gasteiger partial charge in [-0.05, 0) is 12.5 Å². The highest BCUT2D eigenvalue weighted by Crippen LogP contribution is 1.99. The number of nitrogens with one attached hydrogen (secondary N) is 2. The lowest BCUT2D eigenvalue weighted by Gasteiger charge is -1.98. The van der Waals surface area contributed by atoms with Gasteiger partial charge in [-0.3, -0.25) is 9.59 Å². The molecule has 1 amide bonds. The van der Waals surface area contributed by atoms with Gasteiger partial charge in [0.05, 0.1) is 12.5 Å². The summed E-state index contributed by atoms with van der Waals surface area (Å²) in [5.41, 5.74) is 3.69. The van der Waals surface area contributed by atoms with Crippen molar-refractivity contribution in [2.24, 2.45) is 5.10 Å². The Hall–Kier alpha value is -2.76. The average Bonchev–Trinajstić information content (AvgIpc) is 2.41. The zero-order valence-electron chi connectivity index (χ0n) is 10.3. The van der Waals surface area contributed by atoms with E-state index in [1.54, 1.807) is 0 Å². The monoisotopic (exact) mass is 256 g/mol. The van der Waals surface area contributed by atoms with E-state index in [4.69, 9.17) is 0 Å². The van der Waals surface area contributed by atoms with Crippen LogP contribution < -0.4 is 11.0 Å². The van der Waals surface area contributed by atoms with Crippen molar-refractivity contribution in [3.63, 3.8) is 0 Å². The molecule has 6 nitrogen and oxygen atoms in total. The normalized spacial score (nSPS) is 10.6. The van der Waals surface area contributed by atoms with Gasteiger partial charge >= 0.3 is 0 Å². The third-order valence-corrected chi connectivity index (χ3v) is 2.42. The van der Waals surface area contributed by atoms with Gasteiger partial charge < -0.3 is 4.98 Å². The highest BCUT2D eigenvalue weighted by Gasteiger charge is 2.08. The fraction of sp³-hybridized carbons (Fsp3) is 0.0769. The number of hydrazone groups is 1. The van der Waals surface area contributed by atoms with Gasteiger partial charge in [-0.2, -0.15) is 5.10 Å². The second-order valence-corrected chi connectivity index (χ2v) is 3.90. The summed E-state index contributed by atoms with van der Waals surface area (Å²) in [6.07, 6.45) is 3.91. The largest absolute Gasteiger partial charge is 0.312 e. The third-order valence-electron chi connectivity index (χ3n) is 2.42. The standard InChI is InChI=1S/C13H12N4O2/c1-9-2-4-10(5-3-9)6-16-17-13(19)11-7-14-8-15-12(11)18/h2-8H,1H3,(H,17,19)(H,14,15,18)/b16-6+. The van der Waals surface area contributed by atoms with Crippen molar-refractivity contribution in [2.45, 2.75) is 6.92 Å². The number of hydrogen-bond donors (Lipinski definition) is 2. The van der Waals surface area contributed by atoms with Crippen molar-refractivity contribution in [2.75, 3.05) is 0 Å². The van der Waals surface area contributed by atoms with E-state index < -0.39 is 11.5 Å². The molecule has 0 bridgehead atoms. The molecule has 0 saturated carbocycles. The van der Waals surface area contributed by atoms with E-state index in [0.717, 1.165) is 11.1 Å². The molecule has 0 aliphatic carbocycles. The summed E-state index contributed by atoms with van der Waals surface area (Å²) < 4.78 is 0. The van der Waals surface area contributed by atoms with Crippen LogP contribution in [0.2, 0.25) is 0 Å².